The van der Waals surface area contributed by atoms with Gasteiger partial charge in [0.15, 0.2) is 11.6 Å². The van der Waals surface area contributed by atoms with E-state index in [-0.39, 0.29) is 35.9 Å². The van der Waals surface area contributed by atoms with Gasteiger partial charge in [-0.3, -0.25) is 9.59 Å². The van der Waals surface area contributed by atoms with Crippen molar-refractivity contribution in [3.8, 4) is 0 Å². The summed E-state index contributed by atoms with van der Waals surface area (Å²) in [4.78, 5) is 34.7. The first kappa shape index (κ1) is 15.6. The van der Waals surface area contributed by atoms with E-state index in [4.69, 9.17) is 9.47 Å². The van der Waals surface area contributed by atoms with Gasteiger partial charge in [0.25, 0.3) is 0 Å². The number of ether oxygens (including phenoxy) is 2. The molecular formula is C15H16O5. The summed E-state index contributed by atoms with van der Waals surface area (Å²) in [6.07, 6.45) is 1.25. The molecule has 0 bridgehead atoms. The second-order valence-electron chi connectivity index (χ2n) is 4.05. The molecule has 5 nitrogen and oxygen atoms in total. The summed E-state index contributed by atoms with van der Waals surface area (Å²) in [5.41, 5.74) is 0.733. The van der Waals surface area contributed by atoms with Gasteiger partial charge in [0, 0.05) is 11.1 Å². The number of esters is 1. The Morgan fingerprint density at radius 3 is 2.30 bits per heavy atom. The van der Waals surface area contributed by atoms with Gasteiger partial charge in [-0.25, -0.2) is 4.79 Å². The van der Waals surface area contributed by atoms with Gasteiger partial charge in [0.05, 0.1) is 11.8 Å². The summed E-state index contributed by atoms with van der Waals surface area (Å²) in [6.45, 7) is 6.36. The average Bonchev–Trinajstić information content (AvgIpc) is 2.42. The molecule has 0 aliphatic carbocycles. The predicted octanol–water partition coefficient (Wildman–Crippen LogP) is 2.41. The van der Waals surface area contributed by atoms with E-state index < -0.39 is 5.97 Å². The summed E-state index contributed by atoms with van der Waals surface area (Å²) >= 11 is 0. The number of ketones is 2. The van der Waals surface area contributed by atoms with Crippen LogP contribution < -0.4 is 0 Å². The molecule has 0 atom stereocenters. The SMILES string of the molecule is C=COCCOC(=O)c1ccc(C(C)=O)c(C(C)=O)c1. The third kappa shape index (κ3) is 4.05. The van der Waals surface area contributed by atoms with Crippen LogP contribution in [0.2, 0.25) is 0 Å². The summed E-state index contributed by atoms with van der Waals surface area (Å²) < 4.78 is 9.78. The fraction of sp³-hybridized carbons (Fsp3) is 0.267. The molecule has 106 valence electrons. The number of Topliss-reactive ketones (excluding diaryl/α,β-unsaturated/α-hetero) is 2. The van der Waals surface area contributed by atoms with Crippen LogP contribution in [0.1, 0.15) is 44.9 Å². The summed E-state index contributed by atoms with van der Waals surface area (Å²) in [5, 5.41) is 0. The smallest absolute Gasteiger partial charge is 0.338 e. The van der Waals surface area contributed by atoms with Crippen LogP contribution in [0.25, 0.3) is 0 Å². The highest BCUT2D eigenvalue weighted by molar-refractivity contribution is 6.08. The number of benzene rings is 1. The molecule has 20 heavy (non-hydrogen) atoms. The van der Waals surface area contributed by atoms with Gasteiger partial charge >= 0.3 is 5.97 Å². The number of hydrogen-bond acceptors (Lipinski definition) is 5. The fourth-order valence-corrected chi connectivity index (χ4v) is 1.62. The molecule has 1 rings (SSSR count). The summed E-state index contributed by atoms with van der Waals surface area (Å²) in [7, 11) is 0. The Balaban J connectivity index is 2.89. The third-order valence-electron chi connectivity index (χ3n) is 2.57. The lowest BCUT2D eigenvalue weighted by Crippen LogP contribution is -2.12. The Hall–Kier alpha value is -2.43. The molecular weight excluding hydrogens is 260 g/mol. The first-order valence-electron chi connectivity index (χ1n) is 6.03. The van der Waals surface area contributed by atoms with Gasteiger partial charge in [-0.2, -0.15) is 0 Å². The van der Waals surface area contributed by atoms with Crippen molar-refractivity contribution in [1.29, 1.82) is 0 Å². The van der Waals surface area contributed by atoms with Gasteiger partial charge in [0.1, 0.15) is 13.2 Å². The van der Waals surface area contributed by atoms with Crippen molar-refractivity contribution >= 4 is 17.5 Å². The first-order valence-corrected chi connectivity index (χ1v) is 6.03. The fourth-order valence-electron chi connectivity index (χ4n) is 1.62. The lowest BCUT2D eigenvalue weighted by atomic mass is 9.98. The minimum atomic E-state index is -0.574. The van der Waals surface area contributed by atoms with E-state index in [2.05, 4.69) is 6.58 Å². The lowest BCUT2D eigenvalue weighted by molar-refractivity contribution is 0.0421. The Labute approximate surface area is 117 Å². The second-order valence-corrected chi connectivity index (χ2v) is 4.05. The molecule has 1 aromatic carbocycles. The van der Waals surface area contributed by atoms with E-state index in [1.54, 1.807) is 0 Å². The molecule has 0 N–H and O–H groups in total. The maximum absolute atomic E-state index is 11.8. The molecule has 0 saturated heterocycles. The molecule has 0 unspecified atom stereocenters. The van der Waals surface area contributed by atoms with E-state index >= 15 is 0 Å². The van der Waals surface area contributed by atoms with E-state index in [9.17, 15) is 14.4 Å². The molecule has 0 radical (unpaired) electrons. The standard InChI is InChI=1S/C15H16O5/c1-4-19-7-8-20-15(18)12-5-6-13(10(2)16)14(9-12)11(3)17/h4-6,9H,1,7-8H2,2-3H3. The maximum atomic E-state index is 11.8. The van der Waals surface area contributed by atoms with Crippen molar-refractivity contribution in [1.82, 2.24) is 0 Å². The highest BCUT2D eigenvalue weighted by Crippen LogP contribution is 2.14. The highest BCUT2D eigenvalue weighted by atomic mass is 16.6. The molecule has 0 fully saturated rings. The topological polar surface area (TPSA) is 69.7 Å². The van der Waals surface area contributed by atoms with E-state index in [1.807, 2.05) is 0 Å². The van der Waals surface area contributed by atoms with Crippen LogP contribution in [0.15, 0.2) is 31.0 Å². The molecule has 0 aromatic heterocycles. The zero-order valence-corrected chi connectivity index (χ0v) is 11.5. The van der Waals surface area contributed by atoms with Crippen LogP contribution in [0.5, 0.6) is 0 Å². The van der Waals surface area contributed by atoms with Crippen LogP contribution in [-0.4, -0.2) is 30.7 Å². The van der Waals surface area contributed by atoms with Crippen LogP contribution in [0, 0.1) is 0 Å². The quantitative estimate of drug-likeness (QED) is 0.331. The number of rotatable bonds is 7. The maximum Gasteiger partial charge on any atom is 0.338 e. The van der Waals surface area contributed by atoms with E-state index in [1.165, 1.54) is 38.3 Å². The van der Waals surface area contributed by atoms with E-state index in [0.29, 0.717) is 5.56 Å². The normalized spacial score (nSPS) is 9.70. The zero-order chi connectivity index (χ0) is 15.1. The van der Waals surface area contributed by atoms with E-state index in [0.717, 1.165) is 0 Å². The van der Waals surface area contributed by atoms with Crippen molar-refractivity contribution in [2.45, 2.75) is 13.8 Å². The first-order chi connectivity index (χ1) is 9.47. The van der Waals surface area contributed by atoms with Crippen LogP contribution in [0.3, 0.4) is 0 Å². The van der Waals surface area contributed by atoms with Crippen molar-refractivity contribution < 1.29 is 23.9 Å². The van der Waals surface area contributed by atoms with Gasteiger partial charge in [-0.1, -0.05) is 6.58 Å². The summed E-state index contributed by atoms with van der Waals surface area (Å²) in [6, 6.07) is 4.28. The monoisotopic (exact) mass is 276 g/mol. The lowest BCUT2D eigenvalue weighted by Gasteiger charge is -2.08. The average molecular weight is 276 g/mol. The molecule has 1 aromatic rings. The molecule has 0 amide bonds. The Morgan fingerprint density at radius 1 is 1.10 bits per heavy atom. The largest absolute Gasteiger partial charge is 0.498 e. The number of carbonyl (C=O) groups is 3. The van der Waals surface area contributed by atoms with Crippen molar-refractivity contribution in [3.05, 3.63) is 47.7 Å². The van der Waals surface area contributed by atoms with Crippen molar-refractivity contribution in [3.63, 3.8) is 0 Å². The Kier molecular flexibility index (Phi) is 5.65. The van der Waals surface area contributed by atoms with Crippen molar-refractivity contribution in [2.75, 3.05) is 13.2 Å². The van der Waals surface area contributed by atoms with Gasteiger partial charge in [0.2, 0.25) is 0 Å². The van der Waals surface area contributed by atoms with Crippen LogP contribution in [0.4, 0.5) is 0 Å². The zero-order valence-electron chi connectivity index (χ0n) is 11.5. The van der Waals surface area contributed by atoms with Gasteiger partial charge in [-0.05, 0) is 32.0 Å². The van der Waals surface area contributed by atoms with Crippen LogP contribution >= 0.6 is 0 Å². The third-order valence-corrected chi connectivity index (χ3v) is 2.57. The Bertz CT molecular complexity index is 545. The summed E-state index contributed by atoms with van der Waals surface area (Å²) in [5.74, 6) is -1.08. The minimum absolute atomic E-state index is 0.0781. The molecule has 0 spiro atoms. The highest BCUT2D eigenvalue weighted by Gasteiger charge is 2.15. The van der Waals surface area contributed by atoms with Gasteiger partial charge in [-0.15, -0.1) is 0 Å². The van der Waals surface area contributed by atoms with Crippen molar-refractivity contribution in [2.24, 2.45) is 0 Å². The van der Waals surface area contributed by atoms with Crippen LogP contribution in [-0.2, 0) is 9.47 Å². The second kappa shape index (κ2) is 7.23. The molecule has 0 saturated carbocycles. The molecule has 0 heterocycles. The number of hydrogen-bond donors (Lipinski definition) is 0. The minimum Gasteiger partial charge on any atom is -0.498 e. The Morgan fingerprint density at radius 2 is 1.75 bits per heavy atom. The van der Waals surface area contributed by atoms with Gasteiger partial charge < -0.3 is 9.47 Å². The predicted molar refractivity (Wildman–Crippen MR) is 72.9 cm³/mol. The number of carbonyl (C=O) groups excluding carboxylic acids is 3. The molecule has 0 aliphatic rings. The molecule has 0 aliphatic heterocycles. The molecule has 5 heteroatoms.